The van der Waals surface area contributed by atoms with Crippen molar-refractivity contribution in [2.45, 2.75) is 32.7 Å². The first-order valence-electron chi connectivity index (χ1n) is 6.61. The van der Waals surface area contributed by atoms with Gasteiger partial charge in [-0.3, -0.25) is 4.79 Å². The van der Waals surface area contributed by atoms with Crippen LogP contribution in [0, 0.1) is 0 Å². The molecule has 1 N–H and O–H groups in total. The molecule has 0 saturated heterocycles. The molecule has 1 atom stereocenters. The van der Waals surface area contributed by atoms with E-state index < -0.39 is 0 Å². The summed E-state index contributed by atoms with van der Waals surface area (Å²) in [6, 6.07) is 11.8. The van der Waals surface area contributed by atoms with Gasteiger partial charge in [-0.15, -0.1) is 0 Å². The lowest BCUT2D eigenvalue weighted by atomic mass is 10.1. The zero-order valence-electron chi connectivity index (χ0n) is 11.3. The molecule has 3 nitrogen and oxygen atoms in total. The lowest BCUT2D eigenvalue weighted by molar-refractivity contribution is 0.0988. The Morgan fingerprint density at radius 2 is 2.00 bits per heavy atom. The number of furan rings is 1. The molecule has 0 aliphatic carbocycles. The van der Waals surface area contributed by atoms with E-state index in [0.717, 1.165) is 23.4 Å². The Hall–Kier alpha value is -2.03. The van der Waals surface area contributed by atoms with Gasteiger partial charge in [-0.1, -0.05) is 6.92 Å². The molecule has 0 aliphatic heterocycles. The fourth-order valence-electron chi connectivity index (χ4n) is 2.02. The Labute approximate surface area is 113 Å². The van der Waals surface area contributed by atoms with Crippen LogP contribution in [0.1, 0.15) is 36.4 Å². The number of hydrogen-bond acceptors (Lipinski definition) is 3. The maximum atomic E-state index is 11.5. The molecule has 0 aliphatic rings. The molecule has 0 spiro atoms. The number of carbonyl (C=O) groups is 1. The maximum absolute atomic E-state index is 11.5. The zero-order chi connectivity index (χ0) is 13.7. The lowest BCUT2D eigenvalue weighted by Crippen LogP contribution is -2.17. The summed E-state index contributed by atoms with van der Waals surface area (Å²) in [5.41, 5.74) is 1.79. The molecular formula is C16H19NO2. The van der Waals surface area contributed by atoms with Crippen LogP contribution < -0.4 is 5.32 Å². The third-order valence-electron chi connectivity index (χ3n) is 3.03. The molecule has 1 unspecified atom stereocenters. The van der Waals surface area contributed by atoms with Gasteiger partial charge in [0.05, 0.1) is 6.26 Å². The Morgan fingerprint density at radius 3 is 2.58 bits per heavy atom. The first-order valence-corrected chi connectivity index (χ1v) is 6.61. The first-order chi connectivity index (χ1) is 9.19. The summed E-state index contributed by atoms with van der Waals surface area (Å²) in [4.78, 5) is 11.5. The predicted octanol–water partition coefficient (Wildman–Crippen LogP) is 3.92. The first kappa shape index (κ1) is 13.4. The number of rotatable bonds is 6. The van der Waals surface area contributed by atoms with Gasteiger partial charge < -0.3 is 9.73 Å². The van der Waals surface area contributed by atoms with E-state index in [2.05, 4.69) is 12.2 Å². The van der Waals surface area contributed by atoms with Gasteiger partial charge in [0.25, 0.3) is 0 Å². The second kappa shape index (κ2) is 6.23. The fourth-order valence-corrected chi connectivity index (χ4v) is 2.02. The average Bonchev–Trinajstić information content (AvgIpc) is 2.91. The van der Waals surface area contributed by atoms with Crippen LogP contribution in [0.15, 0.2) is 47.1 Å². The molecule has 100 valence electrons. The van der Waals surface area contributed by atoms with E-state index in [1.807, 2.05) is 43.3 Å². The van der Waals surface area contributed by atoms with E-state index in [-0.39, 0.29) is 11.8 Å². The van der Waals surface area contributed by atoms with Crippen molar-refractivity contribution in [2.24, 2.45) is 0 Å². The van der Waals surface area contributed by atoms with Crippen LogP contribution in [-0.4, -0.2) is 11.8 Å². The van der Waals surface area contributed by atoms with Crippen molar-refractivity contribution in [3.8, 4) is 0 Å². The molecule has 0 saturated carbocycles. The molecule has 1 aromatic heterocycles. The average molecular weight is 257 g/mol. The SMILES string of the molecule is CCC(=O)c1ccc(NC(C)Cc2ccco2)cc1. The van der Waals surface area contributed by atoms with Crippen molar-refractivity contribution >= 4 is 11.5 Å². The monoisotopic (exact) mass is 257 g/mol. The largest absolute Gasteiger partial charge is 0.469 e. The predicted molar refractivity (Wildman–Crippen MR) is 76.6 cm³/mol. The van der Waals surface area contributed by atoms with Crippen molar-refractivity contribution in [3.05, 3.63) is 54.0 Å². The summed E-state index contributed by atoms with van der Waals surface area (Å²) >= 11 is 0. The molecular weight excluding hydrogens is 238 g/mol. The summed E-state index contributed by atoms with van der Waals surface area (Å²) < 4.78 is 5.32. The van der Waals surface area contributed by atoms with E-state index in [4.69, 9.17) is 4.42 Å². The number of ketones is 1. The van der Waals surface area contributed by atoms with Crippen LogP contribution in [0.5, 0.6) is 0 Å². The molecule has 0 radical (unpaired) electrons. The van der Waals surface area contributed by atoms with Crippen molar-refractivity contribution in [3.63, 3.8) is 0 Å². The second-order valence-corrected chi connectivity index (χ2v) is 4.68. The number of carbonyl (C=O) groups excluding carboxylic acids is 1. The normalized spacial score (nSPS) is 12.1. The van der Waals surface area contributed by atoms with Crippen LogP contribution in [0.3, 0.4) is 0 Å². The summed E-state index contributed by atoms with van der Waals surface area (Å²) in [5, 5.41) is 3.39. The smallest absolute Gasteiger partial charge is 0.162 e. The van der Waals surface area contributed by atoms with E-state index >= 15 is 0 Å². The van der Waals surface area contributed by atoms with Gasteiger partial charge in [0, 0.05) is 30.1 Å². The second-order valence-electron chi connectivity index (χ2n) is 4.68. The summed E-state index contributed by atoms with van der Waals surface area (Å²) in [5.74, 6) is 1.15. The van der Waals surface area contributed by atoms with Gasteiger partial charge in [0.1, 0.15) is 5.76 Å². The Bertz CT molecular complexity index is 514. The highest BCUT2D eigenvalue weighted by molar-refractivity contribution is 5.96. The molecule has 1 aromatic carbocycles. The number of nitrogens with one attached hydrogen (secondary N) is 1. The van der Waals surface area contributed by atoms with E-state index in [1.54, 1.807) is 6.26 Å². The number of Topliss-reactive ketones (excluding diaryl/α,β-unsaturated/α-hetero) is 1. The van der Waals surface area contributed by atoms with Gasteiger partial charge in [0.15, 0.2) is 5.78 Å². The van der Waals surface area contributed by atoms with E-state index in [0.29, 0.717) is 6.42 Å². The van der Waals surface area contributed by atoms with Crippen LogP contribution in [-0.2, 0) is 6.42 Å². The van der Waals surface area contributed by atoms with Gasteiger partial charge in [-0.05, 0) is 43.3 Å². The van der Waals surface area contributed by atoms with Crippen molar-refractivity contribution in [1.82, 2.24) is 0 Å². The number of hydrogen-bond donors (Lipinski definition) is 1. The van der Waals surface area contributed by atoms with Crippen LogP contribution in [0.2, 0.25) is 0 Å². The quantitative estimate of drug-likeness (QED) is 0.798. The van der Waals surface area contributed by atoms with Gasteiger partial charge in [-0.2, -0.15) is 0 Å². The third kappa shape index (κ3) is 3.71. The van der Waals surface area contributed by atoms with Crippen LogP contribution in [0.25, 0.3) is 0 Å². The Morgan fingerprint density at radius 1 is 1.26 bits per heavy atom. The molecule has 3 heteroatoms. The standard InChI is InChI=1S/C16H19NO2/c1-3-16(18)13-6-8-14(9-7-13)17-12(2)11-15-5-4-10-19-15/h4-10,12,17H,3,11H2,1-2H3. The van der Waals surface area contributed by atoms with Crippen LogP contribution in [0.4, 0.5) is 5.69 Å². The topological polar surface area (TPSA) is 42.2 Å². The van der Waals surface area contributed by atoms with Gasteiger partial charge in [0.2, 0.25) is 0 Å². The van der Waals surface area contributed by atoms with Gasteiger partial charge in [-0.25, -0.2) is 0 Å². The summed E-state index contributed by atoms with van der Waals surface area (Å²) in [6.45, 7) is 3.98. The molecule has 2 rings (SSSR count). The highest BCUT2D eigenvalue weighted by Gasteiger charge is 2.07. The Kier molecular flexibility index (Phi) is 4.39. The van der Waals surface area contributed by atoms with Gasteiger partial charge >= 0.3 is 0 Å². The number of anilines is 1. The number of benzene rings is 1. The van der Waals surface area contributed by atoms with Crippen molar-refractivity contribution in [1.29, 1.82) is 0 Å². The Balaban J connectivity index is 1.93. The molecule has 0 bridgehead atoms. The minimum Gasteiger partial charge on any atom is -0.469 e. The minimum absolute atomic E-state index is 0.176. The molecule has 0 fully saturated rings. The molecule has 2 aromatic rings. The highest BCUT2D eigenvalue weighted by atomic mass is 16.3. The minimum atomic E-state index is 0.176. The van der Waals surface area contributed by atoms with E-state index in [1.165, 1.54) is 0 Å². The maximum Gasteiger partial charge on any atom is 0.162 e. The third-order valence-corrected chi connectivity index (χ3v) is 3.03. The molecule has 1 heterocycles. The van der Waals surface area contributed by atoms with Crippen LogP contribution >= 0.6 is 0 Å². The molecule has 0 amide bonds. The summed E-state index contributed by atoms with van der Waals surface area (Å²) in [6.07, 6.45) is 3.07. The highest BCUT2D eigenvalue weighted by Crippen LogP contribution is 2.14. The zero-order valence-corrected chi connectivity index (χ0v) is 11.3. The summed E-state index contributed by atoms with van der Waals surface area (Å²) in [7, 11) is 0. The van der Waals surface area contributed by atoms with Crippen molar-refractivity contribution < 1.29 is 9.21 Å². The molecule has 19 heavy (non-hydrogen) atoms. The van der Waals surface area contributed by atoms with E-state index in [9.17, 15) is 4.79 Å². The fraction of sp³-hybridized carbons (Fsp3) is 0.312. The van der Waals surface area contributed by atoms with Crippen molar-refractivity contribution in [2.75, 3.05) is 5.32 Å². The lowest BCUT2D eigenvalue weighted by Gasteiger charge is -2.14.